The predicted octanol–water partition coefficient (Wildman–Crippen LogP) is 3.54. The second-order valence-electron chi connectivity index (χ2n) is 3.89. The molecule has 0 spiro atoms. The standard InChI is InChI=1S/C12H8BrClN4/c1-7-4-8(13)2-3-10(7)18-12-9(5-17-18)11(14)15-6-16-12/h2-6H,1H3. The van der Waals surface area contributed by atoms with Gasteiger partial charge in [-0.25, -0.2) is 14.6 Å². The van der Waals surface area contributed by atoms with Crippen molar-refractivity contribution < 1.29 is 0 Å². The minimum absolute atomic E-state index is 0.418. The average molecular weight is 324 g/mol. The first-order chi connectivity index (χ1) is 8.66. The summed E-state index contributed by atoms with van der Waals surface area (Å²) in [5, 5.41) is 5.50. The average Bonchev–Trinajstić information content (AvgIpc) is 2.74. The molecule has 2 aromatic heterocycles. The Bertz CT molecular complexity index is 738. The van der Waals surface area contributed by atoms with Crippen molar-refractivity contribution in [2.75, 3.05) is 0 Å². The third kappa shape index (κ3) is 1.79. The second-order valence-corrected chi connectivity index (χ2v) is 5.16. The van der Waals surface area contributed by atoms with Crippen LogP contribution in [0.3, 0.4) is 0 Å². The lowest BCUT2D eigenvalue weighted by molar-refractivity contribution is 0.887. The zero-order valence-corrected chi connectivity index (χ0v) is 11.8. The minimum atomic E-state index is 0.418. The Morgan fingerprint density at radius 3 is 2.89 bits per heavy atom. The van der Waals surface area contributed by atoms with Crippen LogP contribution in [0.2, 0.25) is 5.15 Å². The molecule has 3 rings (SSSR count). The van der Waals surface area contributed by atoms with Crippen molar-refractivity contribution in [2.45, 2.75) is 6.92 Å². The van der Waals surface area contributed by atoms with Crippen molar-refractivity contribution in [3.8, 4) is 5.69 Å². The molecule has 0 aliphatic heterocycles. The van der Waals surface area contributed by atoms with Crippen LogP contribution in [0, 0.1) is 6.92 Å². The zero-order valence-electron chi connectivity index (χ0n) is 9.43. The Morgan fingerprint density at radius 2 is 2.11 bits per heavy atom. The molecule has 0 aliphatic rings. The fraction of sp³-hybridized carbons (Fsp3) is 0.0833. The van der Waals surface area contributed by atoms with Gasteiger partial charge in [0.05, 0.1) is 17.3 Å². The molecule has 18 heavy (non-hydrogen) atoms. The Kier molecular flexibility index (Phi) is 2.80. The molecule has 2 heterocycles. The van der Waals surface area contributed by atoms with E-state index in [9.17, 15) is 0 Å². The van der Waals surface area contributed by atoms with Crippen LogP contribution >= 0.6 is 27.5 Å². The molecule has 0 unspecified atom stereocenters. The molecule has 0 aliphatic carbocycles. The second kappa shape index (κ2) is 4.33. The van der Waals surface area contributed by atoms with E-state index in [0.29, 0.717) is 10.8 Å². The van der Waals surface area contributed by atoms with Gasteiger partial charge in [-0.3, -0.25) is 0 Å². The van der Waals surface area contributed by atoms with E-state index < -0.39 is 0 Å². The molecule has 0 N–H and O–H groups in total. The molecule has 0 atom stereocenters. The van der Waals surface area contributed by atoms with Crippen molar-refractivity contribution in [1.82, 2.24) is 19.7 Å². The van der Waals surface area contributed by atoms with Gasteiger partial charge >= 0.3 is 0 Å². The van der Waals surface area contributed by atoms with E-state index >= 15 is 0 Å². The summed E-state index contributed by atoms with van der Waals surface area (Å²) in [5.74, 6) is 0. The number of nitrogens with zero attached hydrogens (tertiary/aromatic N) is 4. The highest BCUT2D eigenvalue weighted by Gasteiger charge is 2.11. The van der Waals surface area contributed by atoms with Gasteiger partial charge in [0.15, 0.2) is 5.65 Å². The van der Waals surface area contributed by atoms with Gasteiger partial charge in [0.1, 0.15) is 11.5 Å². The largest absolute Gasteiger partial charge is 0.224 e. The molecular weight excluding hydrogens is 316 g/mol. The lowest BCUT2D eigenvalue weighted by Crippen LogP contribution is -2.00. The summed E-state index contributed by atoms with van der Waals surface area (Å²) in [7, 11) is 0. The molecule has 0 bridgehead atoms. The van der Waals surface area contributed by atoms with Gasteiger partial charge in [-0.05, 0) is 30.7 Å². The van der Waals surface area contributed by atoms with Gasteiger partial charge in [-0.2, -0.15) is 5.10 Å². The van der Waals surface area contributed by atoms with E-state index in [2.05, 4.69) is 31.0 Å². The zero-order chi connectivity index (χ0) is 12.7. The maximum Gasteiger partial charge on any atom is 0.167 e. The first-order valence-corrected chi connectivity index (χ1v) is 6.44. The van der Waals surface area contributed by atoms with Crippen LogP contribution in [0.4, 0.5) is 0 Å². The van der Waals surface area contributed by atoms with Crippen molar-refractivity contribution in [3.05, 3.63) is 45.9 Å². The molecule has 0 saturated heterocycles. The first kappa shape index (κ1) is 11.6. The van der Waals surface area contributed by atoms with Crippen LogP contribution in [0.25, 0.3) is 16.7 Å². The van der Waals surface area contributed by atoms with E-state index in [1.54, 1.807) is 10.9 Å². The Morgan fingerprint density at radius 1 is 1.28 bits per heavy atom. The summed E-state index contributed by atoms with van der Waals surface area (Å²) in [5.41, 5.74) is 2.78. The quantitative estimate of drug-likeness (QED) is 0.643. The molecule has 90 valence electrons. The number of halogens is 2. The Hall–Kier alpha value is -1.46. The van der Waals surface area contributed by atoms with Crippen LogP contribution in [0.1, 0.15) is 5.56 Å². The van der Waals surface area contributed by atoms with E-state index in [1.807, 2.05) is 25.1 Å². The lowest BCUT2D eigenvalue weighted by Gasteiger charge is -2.07. The summed E-state index contributed by atoms with van der Waals surface area (Å²) < 4.78 is 2.80. The normalized spacial score (nSPS) is 11.1. The molecule has 0 saturated carbocycles. The maximum atomic E-state index is 6.01. The van der Waals surface area contributed by atoms with Crippen LogP contribution in [0.5, 0.6) is 0 Å². The fourth-order valence-electron chi connectivity index (χ4n) is 1.85. The van der Waals surface area contributed by atoms with Gasteiger partial charge < -0.3 is 0 Å². The summed E-state index contributed by atoms with van der Waals surface area (Å²) in [6, 6.07) is 5.99. The number of benzene rings is 1. The minimum Gasteiger partial charge on any atom is -0.224 e. The predicted molar refractivity (Wildman–Crippen MR) is 74.1 cm³/mol. The summed E-state index contributed by atoms with van der Waals surface area (Å²) in [6.07, 6.45) is 3.12. The Labute approximate surface area is 117 Å². The number of rotatable bonds is 1. The molecule has 1 aromatic carbocycles. The molecule has 3 aromatic rings. The highest BCUT2D eigenvalue weighted by Crippen LogP contribution is 2.24. The van der Waals surface area contributed by atoms with Gasteiger partial charge in [0, 0.05) is 4.47 Å². The number of aryl methyl sites for hydroxylation is 1. The topological polar surface area (TPSA) is 43.6 Å². The van der Waals surface area contributed by atoms with Crippen molar-refractivity contribution >= 4 is 38.6 Å². The molecule has 6 heteroatoms. The maximum absolute atomic E-state index is 6.01. The molecular formula is C12H8BrClN4. The van der Waals surface area contributed by atoms with Crippen molar-refractivity contribution in [2.24, 2.45) is 0 Å². The summed E-state index contributed by atoms with van der Waals surface area (Å²) in [6.45, 7) is 2.02. The van der Waals surface area contributed by atoms with Crippen molar-refractivity contribution in [3.63, 3.8) is 0 Å². The molecule has 0 fully saturated rings. The van der Waals surface area contributed by atoms with Crippen LogP contribution in [-0.2, 0) is 0 Å². The molecule has 0 radical (unpaired) electrons. The first-order valence-electron chi connectivity index (χ1n) is 5.27. The number of hydrogen-bond donors (Lipinski definition) is 0. The summed E-state index contributed by atoms with van der Waals surface area (Å²) >= 11 is 9.46. The van der Waals surface area contributed by atoms with E-state index in [0.717, 1.165) is 21.1 Å². The summed E-state index contributed by atoms with van der Waals surface area (Å²) in [4.78, 5) is 8.18. The third-order valence-corrected chi connectivity index (χ3v) is 3.50. The van der Waals surface area contributed by atoms with Crippen molar-refractivity contribution in [1.29, 1.82) is 0 Å². The monoisotopic (exact) mass is 322 g/mol. The Balaban J connectivity index is 2.29. The van der Waals surface area contributed by atoms with Gasteiger partial charge in [0.2, 0.25) is 0 Å². The van der Waals surface area contributed by atoms with Gasteiger partial charge in [-0.15, -0.1) is 0 Å². The van der Waals surface area contributed by atoms with E-state index in [1.165, 1.54) is 6.33 Å². The fourth-order valence-corrected chi connectivity index (χ4v) is 2.50. The van der Waals surface area contributed by atoms with E-state index in [-0.39, 0.29) is 0 Å². The third-order valence-electron chi connectivity index (χ3n) is 2.70. The van der Waals surface area contributed by atoms with Gasteiger partial charge in [-0.1, -0.05) is 27.5 Å². The van der Waals surface area contributed by atoms with E-state index in [4.69, 9.17) is 11.6 Å². The van der Waals surface area contributed by atoms with Crippen LogP contribution < -0.4 is 0 Å². The number of hydrogen-bond acceptors (Lipinski definition) is 3. The van der Waals surface area contributed by atoms with Gasteiger partial charge in [0.25, 0.3) is 0 Å². The molecule has 4 nitrogen and oxygen atoms in total. The number of fused-ring (bicyclic) bond motifs is 1. The van der Waals surface area contributed by atoms with Crippen LogP contribution in [0.15, 0.2) is 35.2 Å². The number of aromatic nitrogens is 4. The lowest BCUT2D eigenvalue weighted by atomic mass is 10.2. The van der Waals surface area contributed by atoms with Crippen LogP contribution in [-0.4, -0.2) is 19.7 Å². The highest BCUT2D eigenvalue weighted by atomic mass is 79.9. The SMILES string of the molecule is Cc1cc(Br)ccc1-n1ncc2c(Cl)ncnc21. The highest BCUT2D eigenvalue weighted by molar-refractivity contribution is 9.10. The molecule has 0 amide bonds. The smallest absolute Gasteiger partial charge is 0.167 e.